The molecular formula is C36H38IN7O4. The van der Waals surface area contributed by atoms with Crippen molar-refractivity contribution in [2.24, 2.45) is 0 Å². The Morgan fingerprint density at radius 2 is 1.73 bits per heavy atom. The largest absolute Gasteiger partial charge is 0.457 e. The maximum absolute atomic E-state index is 13.4. The van der Waals surface area contributed by atoms with Crippen LogP contribution in [-0.2, 0) is 9.53 Å². The first-order valence-electron chi connectivity index (χ1n) is 16.0. The lowest BCUT2D eigenvalue weighted by Gasteiger charge is -2.25. The summed E-state index contributed by atoms with van der Waals surface area (Å²) in [4.78, 5) is 32.4. The Morgan fingerprint density at radius 1 is 0.958 bits per heavy atom. The first-order chi connectivity index (χ1) is 23.4. The first-order valence-corrected chi connectivity index (χ1v) is 17.3. The highest BCUT2D eigenvalue weighted by molar-refractivity contribution is 14.1. The third-order valence-corrected chi connectivity index (χ3v) is 9.20. The van der Waals surface area contributed by atoms with E-state index in [9.17, 15) is 9.59 Å². The van der Waals surface area contributed by atoms with Gasteiger partial charge in [-0.05, 0) is 43.7 Å². The van der Waals surface area contributed by atoms with Gasteiger partial charge in [0.15, 0.2) is 0 Å². The molecule has 1 atom stereocenters. The number of hydrogen-bond acceptors (Lipinski definition) is 7. The van der Waals surface area contributed by atoms with E-state index in [1.165, 1.54) is 0 Å². The van der Waals surface area contributed by atoms with Crippen LogP contribution in [0.1, 0.15) is 34.9 Å². The van der Waals surface area contributed by atoms with E-state index in [4.69, 9.17) is 14.6 Å². The summed E-state index contributed by atoms with van der Waals surface area (Å²) in [6.07, 6.45) is 3.62. The SMILES string of the molecule is CCCC(I)c1cc(NC(=O)Nc2ccc(Oc3ccnc(NC(=O)CN4CCOCC4)c3)c3ccccc23)n(-c2ccc(C)cc2)n1. The van der Waals surface area contributed by atoms with Gasteiger partial charge in [0.1, 0.15) is 23.1 Å². The molecule has 1 saturated heterocycles. The summed E-state index contributed by atoms with van der Waals surface area (Å²) in [5, 5.41) is 15.4. The Labute approximate surface area is 293 Å². The van der Waals surface area contributed by atoms with Crippen molar-refractivity contribution in [3.63, 3.8) is 0 Å². The summed E-state index contributed by atoms with van der Waals surface area (Å²) in [7, 11) is 0. The normalized spacial score (nSPS) is 14.0. The molecule has 1 aliphatic heterocycles. The van der Waals surface area contributed by atoms with E-state index < -0.39 is 0 Å². The average Bonchev–Trinajstić information content (AvgIpc) is 3.50. The van der Waals surface area contributed by atoms with Gasteiger partial charge in [-0.1, -0.05) is 77.9 Å². The number of anilines is 3. The standard InChI is InChI=1S/C36H38IN7O4/c1-3-6-29(37)31-22-34(44(42-31)25-11-9-24(2)10-12-25)41-36(46)39-30-13-14-32(28-8-5-4-7-27(28)30)48-26-15-16-38-33(21-26)40-35(45)23-43-17-19-47-20-18-43/h4-5,7-16,21-22,29H,3,6,17-20,23H2,1-2H3,(H,38,40,45)(H2,39,41,46). The lowest BCUT2D eigenvalue weighted by molar-refractivity contribution is -0.118. The Morgan fingerprint density at radius 3 is 2.50 bits per heavy atom. The number of pyridine rings is 1. The van der Waals surface area contributed by atoms with Gasteiger partial charge in [-0.25, -0.2) is 14.5 Å². The number of morpholine rings is 1. The molecule has 11 nitrogen and oxygen atoms in total. The number of nitrogens with one attached hydrogen (secondary N) is 3. The Hall–Kier alpha value is -4.53. The van der Waals surface area contributed by atoms with Crippen LogP contribution in [0.5, 0.6) is 11.5 Å². The predicted octanol–water partition coefficient (Wildman–Crippen LogP) is 7.71. The van der Waals surface area contributed by atoms with Crippen molar-refractivity contribution >= 4 is 62.6 Å². The van der Waals surface area contributed by atoms with E-state index >= 15 is 0 Å². The van der Waals surface area contributed by atoms with Gasteiger partial charge >= 0.3 is 6.03 Å². The van der Waals surface area contributed by atoms with Crippen molar-refractivity contribution < 1.29 is 19.1 Å². The second-order valence-corrected chi connectivity index (χ2v) is 13.1. The molecule has 0 spiro atoms. The number of carbonyl (C=O) groups excluding carboxylic acids is 2. The number of rotatable bonds is 11. The van der Waals surface area contributed by atoms with E-state index in [-0.39, 0.29) is 22.4 Å². The number of aryl methyl sites for hydroxylation is 1. The van der Waals surface area contributed by atoms with Gasteiger partial charge in [0.05, 0.1) is 40.8 Å². The van der Waals surface area contributed by atoms with Gasteiger partial charge in [0, 0.05) is 42.2 Å². The zero-order valence-electron chi connectivity index (χ0n) is 26.9. The smallest absolute Gasteiger partial charge is 0.324 e. The highest BCUT2D eigenvalue weighted by Crippen LogP contribution is 2.35. The van der Waals surface area contributed by atoms with Crippen LogP contribution < -0.4 is 20.7 Å². The number of aromatic nitrogens is 3. The van der Waals surface area contributed by atoms with E-state index in [1.807, 2.05) is 78.6 Å². The zero-order chi connectivity index (χ0) is 33.5. The number of urea groups is 1. The third kappa shape index (κ3) is 8.30. The molecule has 2 aromatic heterocycles. The maximum atomic E-state index is 13.4. The summed E-state index contributed by atoms with van der Waals surface area (Å²) in [5.41, 5.74) is 3.55. The van der Waals surface area contributed by atoms with Crippen LogP contribution in [0, 0.1) is 6.92 Å². The van der Waals surface area contributed by atoms with Crippen molar-refractivity contribution in [1.29, 1.82) is 0 Å². The molecule has 1 unspecified atom stereocenters. The number of fused-ring (bicyclic) bond motifs is 1. The Kier molecular flexibility index (Phi) is 10.8. The van der Waals surface area contributed by atoms with E-state index in [1.54, 1.807) is 23.0 Å². The third-order valence-electron chi connectivity index (χ3n) is 7.94. The van der Waals surface area contributed by atoms with Crippen molar-refractivity contribution in [3.05, 3.63) is 96.3 Å². The van der Waals surface area contributed by atoms with Crippen molar-refractivity contribution in [3.8, 4) is 17.2 Å². The van der Waals surface area contributed by atoms with Crippen molar-refractivity contribution in [1.82, 2.24) is 19.7 Å². The minimum Gasteiger partial charge on any atom is -0.457 e. The summed E-state index contributed by atoms with van der Waals surface area (Å²) in [6.45, 7) is 7.16. The average molecular weight is 760 g/mol. The van der Waals surface area contributed by atoms with Crippen LogP contribution in [-0.4, -0.2) is 64.5 Å². The zero-order valence-corrected chi connectivity index (χ0v) is 29.1. The van der Waals surface area contributed by atoms with E-state index in [2.05, 4.69) is 50.4 Å². The van der Waals surface area contributed by atoms with Crippen molar-refractivity contribution in [2.75, 3.05) is 48.8 Å². The van der Waals surface area contributed by atoms with Crippen molar-refractivity contribution in [2.45, 2.75) is 30.6 Å². The molecule has 3 aromatic carbocycles. The molecule has 0 saturated carbocycles. The number of alkyl halides is 1. The van der Waals surface area contributed by atoms with Gasteiger partial charge in [-0.15, -0.1) is 0 Å². The summed E-state index contributed by atoms with van der Waals surface area (Å²) >= 11 is 2.41. The second kappa shape index (κ2) is 15.6. The molecule has 0 radical (unpaired) electrons. The molecule has 3 heterocycles. The molecule has 5 aromatic rings. The first kappa shape index (κ1) is 33.4. The summed E-state index contributed by atoms with van der Waals surface area (Å²) in [5.74, 6) is 1.96. The molecule has 6 rings (SSSR count). The number of hydrogen-bond donors (Lipinski definition) is 3. The fourth-order valence-corrected chi connectivity index (χ4v) is 6.41. The Balaban J connectivity index is 1.18. The lowest BCUT2D eigenvalue weighted by atomic mass is 10.1. The van der Waals surface area contributed by atoms with E-state index in [0.29, 0.717) is 42.0 Å². The number of carbonyl (C=O) groups is 2. The van der Waals surface area contributed by atoms with Crippen LogP contribution in [0.15, 0.2) is 85.1 Å². The van der Waals surface area contributed by atoms with Crippen LogP contribution in [0.3, 0.4) is 0 Å². The molecule has 1 aliphatic rings. The fourth-order valence-electron chi connectivity index (χ4n) is 5.48. The molecule has 48 heavy (non-hydrogen) atoms. The van der Waals surface area contributed by atoms with Gasteiger partial charge in [-0.3, -0.25) is 15.0 Å². The molecule has 0 bridgehead atoms. The lowest BCUT2D eigenvalue weighted by Crippen LogP contribution is -2.41. The second-order valence-electron chi connectivity index (χ2n) is 11.6. The minimum atomic E-state index is -0.388. The number of benzene rings is 3. The van der Waals surface area contributed by atoms with Gasteiger partial charge in [0.25, 0.3) is 0 Å². The quantitative estimate of drug-likeness (QED) is 0.0932. The molecule has 1 fully saturated rings. The predicted molar refractivity (Wildman–Crippen MR) is 197 cm³/mol. The van der Waals surface area contributed by atoms with Gasteiger partial charge in [0.2, 0.25) is 5.91 Å². The van der Waals surface area contributed by atoms with Crippen LogP contribution in [0.4, 0.5) is 22.1 Å². The molecule has 3 N–H and O–H groups in total. The minimum absolute atomic E-state index is 0.145. The number of amides is 3. The molecule has 3 amide bonds. The summed E-state index contributed by atoms with van der Waals surface area (Å²) in [6, 6.07) is 24.4. The van der Waals surface area contributed by atoms with Crippen LogP contribution >= 0.6 is 22.6 Å². The highest BCUT2D eigenvalue weighted by Gasteiger charge is 2.19. The molecule has 0 aliphatic carbocycles. The topological polar surface area (TPSA) is 123 Å². The number of halogens is 1. The van der Waals surface area contributed by atoms with Crippen LogP contribution in [0.2, 0.25) is 0 Å². The molecular weight excluding hydrogens is 721 g/mol. The fraction of sp³-hybridized carbons (Fsp3) is 0.278. The van der Waals surface area contributed by atoms with E-state index in [0.717, 1.165) is 53.6 Å². The highest BCUT2D eigenvalue weighted by atomic mass is 127. The Bertz CT molecular complexity index is 1890. The van der Waals surface area contributed by atoms with Gasteiger partial charge < -0.3 is 20.1 Å². The number of nitrogens with zero attached hydrogens (tertiary/aromatic N) is 4. The molecule has 248 valence electrons. The monoisotopic (exact) mass is 759 g/mol. The van der Waals surface area contributed by atoms with Crippen LogP contribution in [0.25, 0.3) is 16.5 Å². The van der Waals surface area contributed by atoms with Gasteiger partial charge in [-0.2, -0.15) is 5.10 Å². The summed E-state index contributed by atoms with van der Waals surface area (Å²) < 4.78 is 13.6. The maximum Gasteiger partial charge on any atom is 0.324 e. The number of ether oxygens (including phenoxy) is 2. The molecule has 12 heteroatoms.